The number of anilines is 1. The van der Waals surface area contributed by atoms with Crippen molar-refractivity contribution >= 4 is 39.0 Å². The quantitative estimate of drug-likeness (QED) is 0.657. The summed E-state index contributed by atoms with van der Waals surface area (Å²) < 4.78 is 0. The fourth-order valence-corrected chi connectivity index (χ4v) is 4.31. The van der Waals surface area contributed by atoms with E-state index < -0.39 is 0 Å². The number of rotatable bonds is 3. The van der Waals surface area contributed by atoms with Gasteiger partial charge in [-0.25, -0.2) is 9.97 Å². The molecule has 1 aromatic carbocycles. The highest BCUT2D eigenvalue weighted by molar-refractivity contribution is 7.17. The van der Waals surface area contributed by atoms with Crippen LogP contribution in [0.3, 0.4) is 0 Å². The SMILES string of the molecule is Clc1ccc(-c2csc3ncnc(NC4CCCCC4)c23)cc1. The van der Waals surface area contributed by atoms with Crippen molar-refractivity contribution in [3.05, 3.63) is 41.0 Å². The van der Waals surface area contributed by atoms with E-state index in [1.807, 2.05) is 12.1 Å². The van der Waals surface area contributed by atoms with E-state index in [4.69, 9.17) is 11.6 Å². The van der Waals surface area contributed by atoms with E-state index >= 15 is 0 Å². The molecule has 3 aromatic rings. The zero-order chi connectivity index (χ0) is 15.6. The normalized spacial score (nSPS) is 15.9. The van der Waals surface area contributed by atoms with Gasteiger partial charge in [0.15, 0.2) is 0 Å². The number of aromatic nitrogens is 2. The van der Waals surface area contributed by atoms with Gasteiger partial charge in [-0.15, -0.1) is 11.3 Å². The van der Waals surface area contributed by atoms with Crippen LogP contribution in [0.4, 0.5) is 5.82 Å². The van der Waals surface area contributed by atoms with Crippen LogP contribution in [-0.4, -0.2) is 16.0 Å². The molecule has 0 unspecified atom stereocenters. The van der Waals surface area contributed by atoms with Crippen LogP contribution in [0.25, 0.3) is 21.3 Å². The summed E-state index contributed by atoms with van der Waals surface area (Å²) in [5, 5.41) is 7.71. The topological polar surface area (TPSA) is 37.8 Å². The van der Waals surface area contributed by atoms with Gasteiger partial charge in [0, 0.05) is 22.0 Å². The lowest BCUT2D eigenvalue weighted by molar-refractivity contribution is 0.462. The number of fused-ring (bicyclic) bond motifs is 1. The first kappa shape index (κ1) is 14.9. The van der Waals surface area contributed by atoms with Crippen molar-refractivity contribution in [1.29, 1.82) is 0 Å². The number of benzene rings is 1. The predicted octanol–water partition coefficient (Wildman–Crippen LogP) is 5.76. The van der Waals surface area contributed by atoms with E-state index in [2.05, 4.69) is 32.8 Å². The fourth-order valence-electron chi connectivity index (χ4n) is 3.27. The molecule has 1 aliphatic rings. The number of halogens is 1. The van der Waals surface area contributed by atoms with E-state index in [0.717, 1.165) is 26.6 Å². The van der Waals surface area contributed by atoms with Gasteiger partial charge in [0.2, 0.25) is 0 Å². The average molecular weight is 344 g/mol. The minimum atomic E-state index is 0.528. The lowest BCUT2D eigenvalue weighted by atomic mass is 9.95. The molecule has 0 bridgehead atoms. The molecule has 1 aliphatic carbocycles. The Bertz CT molecular complexity index is 807. The molecule has 4 rings (SSSR count). The maximum Gasteiger partial charge on any atom is 0.139 e. The van der Waals surface area contributed by atoms with Gasteiger partial charge in [-0.1, -0.05) is 43.0 Å². The van der Waals surface area contributed by atoms with Crippen LogP contribution in [0.2, 0.25) is 5.02 Å². The summed E-state index contributed by atoms with van der Waals surface area (Å²) in [4.78, 5) is 10.0. The summed E-state index contributed by atoms with van der Waals surface area (Å²) in [6.07, 6.45) is 8.08. The number of nitrogens with one attached hydrogen (secondary N) is 1. The second-order valence-corrected chi connectivity index (χ2v) is 7.33. The van der Waals surface area contributed by atoms with Gasteiger partial charge in [0.25, 0.3) is 0 Å². The van der Waals surface area contributed by atoms with Crippen molar-refractivity contribution in [2.24, 2.45) is 0 Å². The zero-order valence-electron chi connectivity index (χ0n) is 12.8. The van der Waals surface area contributed by atoms with E-state index in [0.29, 0.717) is 6.04 Å². The van der Waals surface area contributed by atoms with Crippen molar-refractivity contribution in [3.63, 3.8) is 0 Å². The molecule has 2 aromatic heterocycles. The van der Waals surface area contributed by atoms with Gasteiger partial charge in [0.05, 0.1) is 5.39 Å². The molecule has 0 spiro atoms. The summed E-state index contributed by atoms with van der Waals surface area (Å²) in [5.41, 5.74) is 2.34. The second-order valence-electron chi connectivity index (χ2n) is 6.04. The zero-order valence-corrected chi connectivity index (χ0v) is 14.3. The molecule has 2 heterocycles. The average Bonchev–Trinajstić information content (AvgIpc) is 3.02. The first-order valence-electron chi connectivity index (χ1n) is 8.06. The highest BCUT2D eigenvalue weighted by Gasteiger charge is 2.18. The smallest absolute Gasteiger partial charge is 0.139 e. The van der Waals surface area contributed by atoms with Crippen LogP contribution in [0.15, 0.2) is 36.0 Å². The van der Waals surface area contributed by atoms with E-state index in [-0.39, 0.29) is 0 Å². The molecule has 0 saturated heterocycles. The van der Waals surface area contributed by atoms with Gasteiger partial charge in [-0.2, -0.15) is 0 Å². The van der Waals surface area contributed by atoms with Crippen LogP contribution in [-0.2, 0) is 0 Å². The standard InChI is InChI=1S/C18H18ClN3S/c19-13-8-6-12(7-9-13)15-10-23-18-16(15)17(20-11-21-18)22-14-4-2-1-3-5-14/h6-11,14H,1-5H2,(H,20,21,22). The molecule has 118 valence electrons. The molecule has 3 nitrogen and oxygen atoms in total. The Kier molecular flexibility index (Phi) is 4.19. The lowest BCUT2D eigenvalue weighted by Gasteiger charge is -2.23. The first-order valence-corrected chi connectivity index (χ1v) is 9.32. The van der Waals surface area contributed by atoms with Gasteiger partial charge < -0.3 is 5.32 Å². The van der Waals surface area contributed by atoms with Crippen LogP contribution in [0, 0.1) is 0 Å². The van der Waals surface area contributed by atoms with Gasteiger partial charge in [0.1, 0.15) is 17.0 Å². The number of thiophene rings is 1. The molecule has 0 aliphatic heterocycles. The van der Waals surface area contributed by atoms with E-state index in [9.17, 15) is 0 Å². The third-order valence-electron chi connectivity index (χ3n) is 4.47. The Hall–Kier alpha value is -1.65. The van der Waals surface area contributed by atoms with Gasteiger partial charge >= 0.3 is 0 Å². The maximum absolute atomic E-state index is 6.02. The molecule has 0 atom stereocenters. The number of hydrogen-bond donors (Lipinski definition) is 1. The van der Waals surface area contributed by atoms with Crippen LogP contribution in [0.1, 0.15) is 32.1 Å². The Morgan fingerprint density at radius 1 is 1.04 bits per heavy atom. The summed E-state index contributed by atoms with van der Waals surface area (Å²) in [6, 6.07) is 8.50. The monoisotopic (exact) mass is 343 g/mol. The minimum absolute atomic E-state index is 0.528. The fraction of sp³-hybridized carbons (Fsp3) is 0.333. The molecule has 0 radical (unpaired) electrons. The summed E-state index contributed by atoms with van der Waals surface area (Å²) in [6.45, 7) is 0. The largest absolute Gasteiger partial charge is 0.367 e. The third-order valence-corrected chi connectivity index (χ3v) is 5.61. The van der Waals surface area contributed by atoms with Crippen LogP contribution in [0.5, 0.6) is 0 Å². The number of nitrogens with zero attached hydrogens (tertiary/aromatic N) is 2. The van der Waals surface area contributed by atoms with Crippen molar-refractivity contribution < 1.29 is 0 Å². The molecule has 23 heavy (non-hydrogen) atoms. The van der Waals surface area contributed by atoms with Crippen molar-refractivity contribution in [2.75, 3.05) is 5.32 Å². The van der Waals surface area contributed by atoms with E-state index in [1.165, 1.54) is 37.7 Å². The van der Waals surface area contributed by atoms with E-state index in [1.54, 1.807) is 17.7 Å². The molecule has 1 fully saturated rings. The molecule has 5 heteroatoms. The van der Waals surface area contributed by atoms with Crippen molar-refractivity contribution in [1.82, 2.24) is 9.97 Å². The summed E-state index contributed by atoms with van der Waals surface area (Å²) in [5.74, 6) is 0.966. The van der Waals surface area contributed by atoms with Crippen molar-refractivity contribution in [2.45, 2.75) is 38.1 Å². The third kappa shape index (κ3) is 3.06. The molecular formula is C18H18ClN3S. The second kappa shape index (κ2) is 6.46. The van der Waals surface area contributed by atoms with Gasteiger partial charge in [-0.05, 0) is 30.5 Å². The maximum atomic E-state index is 6.02. The Morgan fingerprint density at radius 2 is 1.83 bits per heavy atom. The van der Waals surface area contributed by atoms with Crippen LogP contribution < -0.4 is 5.32 Å². The molecule has 0 amide bonds. The highest BCUT2D eigenvalue weighted by atomic mass is 35.5. The summed E-state index contributed by atoms with van der Waals surface area (Å²) in [7, 11) is 0. The molecular weight excluding hydrogens is 326 g/mol. The van der Waals surface area contributed by atoms with Crippen molar-refractivity contribution in [3.8, 4) is 11.1 Å². The lowest BCUT2D eigenvalue weighted by Crippen LogP contribution is -2.22. The summed E-state index contributed by atoms with van der Waals surface area (Å²) >= 11 is 7.68. The predicted molar refractivity (Wildman–Crippen MR) is 98.4 cm³/mol. The Morgan fingerprint density at radius 3 is 2.61 bits per heavy atom. The highest BCUT2D eigenvalue weighted by Crippen LogP contribution is 2.37. The first-order chi connectivity index (χ1) is 11.3. The minimum Gasteiger partial charge on any atom is -0.367 e. The number of hydrogen-bond acceptors (Lipinski definition) is 4. The Balaban J connectivity index is 1.75. The Labute approximate surface area is 144 Å². The molecule has 1 N–H and O–H groups in total. The van der Waals surface area contributed by atoms with Crippen LogP contribution >= 0.6 is 22.9 Å². The van der Waals surface area contributed by atoms with Gasteiger partial charge in [-0.3, -0.25) is 0 Å². The molecule has 1 saturated carbocycles.